The Morgan fingerprint density at radius 3 is 2.76 bits per heavy atom. The van der Waals surface area contributed by atoms with E-state index in [1.165, 1.54) is 5.56 Å². The molecule has 0 saturated heterocycles. The van der Waals surface area contributed by atoms with Crippen LogP contribution in [0.25, 0.3) is 0 Å². The van der Waals surface area contributed by atoms with Gasteiger partial charge in [0.1, 0.15) is 13.2 Å². The monoisotopic (exact) mass is 291 g/mol. The third-order valence-electron chi connectivity index (χ3n) is 3.58. The molecule has 0 spiro atoms. The van der Waals surface area contributed by atoms with Gasteiger partial charge < -0.3 is 14.8 Å². The number of carbonyl (C=O) groups is 1. The van der Waals surface area contributed by atoms with Crippen LogP contribution in [0.1, 0.15) is 44.6 Å². The van der Waals surface area contributed by atoms with E-state index in [9.17, 15) is 4.79 Å². The largest absolute Gasteiger partial charge is 0.486 e. The summed E-state index contributed by atoms with van der Waals surface area (Å²) >= 11 is 0. The first kappa shape index (κ1) is 15.7. The van der Waals surface area contributed by atoms with Crippen molar-refractivity contribution in [3.63, 3.8) is 0 Å². The van der Waals surface area contributed by atoms with Crippen molar-refractivity contribution in [3.05, 3.63) is 23.8 Å². The smallest absolute Gasteiger partial charge is 0.219 e. The van der Waals surface area contributed by atoms with Crippen LogP contribution < -0.4 is 14.8 Å². The van der Waals surface area contributed by atoms with E-state index in [0.717, 1.165) is 50.1 Å². The fourth-order valence-electron chi connectivity index (χ4n) is 2.35. The zero-order valence-electron chi connectivity index (χ0n) is 12.8. The molecule has 0 unspecified atom stereocenters. The predicted octanol–water partition coefficient (Wildman–Crippen LogP) is 3.09. The number of aryl methyl sites for hydroxylation is 1. The summed E-state index contributed by atoms with van der Waals surface area (Å²) in [5, 5.41) is 2.97. The van der Waals surface area contributed by atoms with Crippen molar-refractivity contribution in [2.45, 2.75) is 45.4 Å². The predicted molar refractivity (Wildman–Crippen MR) is 82.9 cm³/mol. The Balaban J connectivity index is 1.64. The van der Waals surface area contributed by atoms with E-state index in [4.69, 9.17) is 9.47 Å². The van der Waals surface area contributed by atoms with Crippen molar-refractivity contribution < 1.29 is 14.3 Å². The number of carbonyl (C=O) groups excluding carboxylic acids is 1. The summed E-state index contributed by atoms with van der Waals surface area (Å²) in [5.41, 5.74) is 1.26. The lowest BCUT2D eigenvalue weighted by molar-refractivity contribution is -0.121. The first-order valence-electron chi connectivity index (χ1n) is 7.95. The zero-order valence-corrected chi connectivity index (χ0v) is 12.8. The second kappa shape index (κ2) is 8.55. The lowest BCUT2D eigenvalue weighted by Gasteiger charge is -2.18. The highest BCUT2D eigenvalue weighted by atomic mass is 16.6. The van der Waals surface area contributed by atoms with Gasteiger partial charge in [0.05, 0.1) is 0 Å². The van der Waals surface area contributed by atoms with Crippen LogP contribution in [0.3, 0.4) is 0 Å². The van der Waals surface area contributed by atoms with Gasteiger partial charge >= 0.3 is 0 Å². The molecule has 116 valence electrons. The van der Waals surface area contributed by atoms with Crippen molar-refractivity contribution >= 4 is 5.91 Å². The molecule has 0 saturated carbocycles. The Morgan fingerprint density at radius 1 is 1.14 bits per heavy atom. The number of rotatable bonds is 8. The van der Waals surface area contributed by atoms with Gasteiger partial charge in [-0.3, -0.25) is 4.79 Å². The summed E-state index contributed by atoms with van der Waals surface area (Å²) < 4.78 is 11.1. The molecule has 0 aromatic heterocycles. The number of benzene rings is 1. The highest BCUT2D eigenvalue weighted by Crippen LogP contribution is 2.31. The first-order chi connectivity index (χ1) is 10.3. The van der Waals surface area contributed by atoms with Gasteiger partial charge in [0.25, 0.3) is 0 Å². The highest BCUT2D eigenvalue weighted by molar-refractivity contribution is 5.75. The van der Waals surface area contributed by atoms with Gasteiger partial charge in [-0.1, -0.05) is 19.4 Å². The van der Waals surface area contributed by atoms with Gasteiger partial charge in [-0.15, -0.1) is 0 Å². The SMILES string of the molecule is CCCCC(=O)NCCCCc1ccc2c(c1)OCCO2. The lowest BCUT2D eigenvalue weighted by atomic mass is 10.1. The van der Waals surface area contributed by atoms with Crippen molar-refractivity contribution in [2.24, 2.45) is 0 Å². The zero-order chi connectivity index (χ0) is 14.9. The van der Waals surface area contributed by atoms with E-state index in [0.29, 0.717) is 19.6 Å². The molecule has 1 aliphatic rings. The second-order valence-electron chi connectivity index (χ2n) is 5.39. The number of ether oxygens (including phenoxy) is 2. The van der Waals surface area contributed by atoms with E-state index in [-0.39, 0.29) is 5.91 Å². The van der Waals surface area contributed by atoms with Crippen LogP contribution in [0.15, 0.2) is 18.2 Å². The highest BCUT2D eigenvalue weighted by Gasteiger charge is 2.11. The normalized spacial score (nSPS) is 13.0. The van der Waals surface area contributed by atoms with Crippen molar-refractivity contribution in [1.82, 2.24) is 5.32 Å². The van der Waals surface area contributed by atoms with Gasteiger partial charge in [0.15, 0.2) is 11.5 Å². The molecular weight excluding hydrogens is 266 g/mol. The number of fused-ring (bicyclic) bond motifs is 1. The number of unbranched alkanes of at least 4 members (excludes halogenated alkanes) is 2. The molecule has 1 N–H and O–H groups in total. The third-order valence-corrected chi connectivity index (χ3v) is 3.58. The molecule has 21 heavy (non-hydrogen) atoms. The van der Waals surface area contributed by atoms with Crippen molar-refractivity contribution in [1.29, 1.82) is 0 Å². The number of amides is 1. The van der Waals surface area contributed by atoms with E-state index in [2.05, 4.69) is 24.4 Å². The molecule has 1 aromatic carbocycles. The van der Waals surface area contributed by atoms with Gasteiger partial charge in [-0.2, -0.15) is 0 Å². The summed E-state index contributed by atoms with van der Waals surface area (Å²) in [6.07, 6.45) is 5.76. The van der Waals surface area contributed by atoms with Crippen LogP contribution in [0.4, 0.5) is 0 Å². The fraction of sp³-hybridized carbons (Fsp3) is 0.588. The Kier molecular flexibility index (Phi) is 6.38. The average Bonchev–Trinajstić information content (AvgIpc) is 2.52. The van der Waals surface area contributed by atoms with Gasteiger partial charge in [-0.05, 0) is 43.4 Å². The number of nitrogens with one attached hydrogen (secondary N) is 1. The molecule has 0 atom stereocenters. The quantitative estimate of drug-likeness (QED) is 0.749. The molecule has 0 aliphatic carbocycles. The van der Waals surface area contributed by atoms with Crippen LogP contribution in [-0.4, -0.2) is 25.7 Å². The van der Waals surface area contributed by atoms with Crippen molar-refractivity contribution in [2.75, 3.05) is 19.8 Å². The third kappa shape index (κ3) is 5.29. The van der Waals surface area contributed by atoms with Crippen LogP contribution in [-0.2, 0) is 11.2 Å². The maximum atomic E-state index is 11.5. The van der Waals surface area contributed by atoms with Crippen LogP contribution in [0, 0.1) is 0 Å². The average molecular weight is 291 g/mol. The van der Waals surface area contributed by atoms with E-state index in [1.54, 1.807) is 0 Å². The Labute approximate surface area is 126 Å². The van der Waals surface area contributed by atoms with Crippen molar-refractivity contribution in [3.8, 4) is 11.5 Å². The van der Waals surface area contributed by atoms with E-state index in [1.807, 2.05) is 6.07 Å². The topological polar surface area (TPSA) is 47.6 Å². The minimum atomic E-state index is 0.177. The van der Waals surface area contributed by atoms with Gasteiger partial charge in [0, 0.05) is 13.0 Å². The second-order valence-corrected chi connectivity index (χ2v) is 5.39. The maximum Gasteiger partial charge on any atom is 0.219 e. The van der Waals surface area contributed by atoms with E-state index >= 15 is 0 Å². The van der Waals surface area contributed by atoms with Crippen LogP contribution >= 0.6 is 0 Å². The summed E-state index contributed by atoms with van der Waals surface area (Å²) in [5.74, 6) is 1.87. The first-order valence-corrected chi connectivity index (χ1v) is 7.95. The molecule has 0 fully saturated rings. The Hall–Kier alpha value is -1.71. The molecule has 1 aliphatic heterocycles. The molecule has 1 heterocycles. The molecule has 4 heteroatoms. The molecule has 1 aromatic rings. The summed E-state index contributed by atoms with van der Waals surface area (Å²) in [4.78, 5) is 11.5. The molecule has 2 rings (SSSR count). The molecular formula is C17H25NO3. The fourth-order valence-corrected chi connectivity index (χ4v) is 2.35. The molecule has 1 amide bonds. The van der Waals surface area contributed by atoms with Gasteiger partial charge in [0.2, 0.25) is 5.91 Å². The minimum Gasteiger partial charge on any atom is -0.486 e. The summed E-state index contributed by atoms with van der Waals surface area (Å²) in [6.45, 7) is 4.12. The maximum absolute atomic E-state index is 11.5. The summed E-state index contributed by atoms with van der Waals surface area (Å²) in [7, 11) is 0. The van der Waals surface area contributed by atoms with Gasteiger partial charge in [-0.25, -0.2) is 0 Å². The van der Waals surface area contributed by atoms with Crippen LogP contribution in [0.5, 0.6) is 11.5 Å². The standard InChI is InChI=1S/C17H25NO3/c1-2-3-7-17(19)18-10-5-4-6-14-8-9-15-16(13-14)21-12-11-20-15/h8-9,13H,2-7,10-12H2,1H3,(H,18,19). The molecule has 0 radical (unpaired) electrons. The number of hydrogen-bond donors (Lipinski definition) is 1. The Bertz CT molecular complexity index is 459. The van der Waals surface area contributed by atoms with Crippen LogP contribution in [0.2, 0.25) is 0 Å². The van der Waals surface area contributed by atoms with E-state index < -0.39 is 0 Å². The lowest BCUT2D eigenvalue weighted by Crippen LogP contribution is -2.24. The summed E-state index contributed by atoms with van der Waals surface area (Å²) in [6, 6.07) is 6.14. The minimum absolute atomic E-state index is 0.177. The Morgan fingerprint density at radius 2 is 1.95 bits per heavy atom. The molecule has 4 nitrogen and oxygen atoms in total. The number of hydrogen-bond acceptors (Lipinski definition) is 3. The molecule has 0 bridgehead atoms.